The molecule has 4 N–H and O–H groups in total. The van der Waals surface area contributed by atoms with E-state index in [0.29, 0.717) is 25.7 Å². The van der Waals surface area contributed by atoms with Crippen LogP contribution in [0.25, 0.3) is 0 Å². The first kappa shape index (κ1) is 13.4. The average Bonchev–Trinajstić information content (AvgIpc) is 2.81. The lowest BCUT2D eigenvalue weighted by molar-refractivity contribution is 0.179. The number of hydrogen-bond donors (Lipinski definition) is 3. The van der Waals surface area contributed by atoms with E-state index in [1.807, 2.05) is 6.92 Å². The van der Waals surface area contributed by atoms with E-state index in [0.717, 1.165) is 0 Å². The topological polar surface area (TPSA) is 102 Å². The summed E-state index contributed by atoms with van der Waals surface area (Å²) in [6.07, 6.45) is 3.41. The van der Waals surface area contributed by atoms with Crippen molar-refractivity contribution >= 4 is 5.96 Å². The highest BCUT2D eigenvalue weighted by Gasteiger charge is 2.03. The Hall–Kier alpha value is -1.67. The van der Waals surface area contributed by atoms with Gasteiger partial charge in [-0.05, 0) is 6.92 Å². The largest absolute Gasteiger partial charge is 0.383 e. The second-order valence-corrected chi connectivity index (χ2v) is 3.54. The van der Waals surface area contributed by atoms with Crippen molar-refractivity contribution < 1.29 is 4.74 Å². The molecule has 96 valence electrons. The van der Waals surface area contributed by atoms with Crippen molar-refractivity contribution in [3.05, 3.63) is 12.4 Å². The highest BCUT2D eigenvalue weighted by Crippen LogP contribution is 1.85. The van der Waals surface area contributed by atoms with E-state index < -0.39 is 0 Å². The standard InChI is InChI=1S/C9H19N7O/c1-8(7-17-2)13-9(14-10)11-3-5-16-6-4-12-15-16/h4,6,8H,3,5,7,10H2,1-2H3,(H2,11,13,14). The summed E-state index contributed by atoms with van der Waals surface area (Å²) in [5.74, 6) is 5.89. The van der Waals surface area contributed by atoms with Gasteiger partial charge in [0.25, 0.3) is 0 Å². The van der Waals surface area contributed by atoms with E-state index in [9.17, 15) is 0 Å². The molecule has 1 unspecified atom stereocenters. The van der Waals surface area contributed by atoms with Crippen molar-refractivity contribution in [3.63, 3.8) is 0 Å². The number of aromatic nitrogens is 3. The molecular weight excluding hydrogens is 222 g/mol. The fourth-order valence-corrected chi connectivity index (χ4v) is 1.27. The Morgan fingerprint density at radius 2 is 2.47 bits per heavy atom. The smallest absolute Gasteiger partial charge is 0.206 e. The number of nitrogens with two attached hydrogens (primary N) is 1. The van der Waals surface area contributed by atoms with Crippen LogP contribution >= 0.6 is 0 Å². The molecular formula is C9H19N7O. The highest BCUT2D eigenvalue weighted by molar-refractivity contribution is 5.79. The molecule has 0 fully saturated rings. The van der Waals surface area contributed by atoms with Crippen molar-refractivity contribution in [2.24, 2.45) is 10.8 Å². The van der Waals surface area contributed by atoms with Crippen molar-refractivity contribution in [2.75, 3.05) is 20.3 Å². The number of nitrogens with one attached hydrogen (secondary N) is 2. The summed E-state index contributed by atoms with van der Waals surface area (Å²) in [5, 5.41) is 10.6. The van der Waals surface area contributed by atoms with Crippen molar-refractivity contribution in [3.8, 4) is 0 Å². The van der Waals surface area contributed by atoms with Crippen molar-refractivity contribution in [1.29, 1.82) is 0 Å². The van der Waals surface area contributed by atoms with Gasteiger partial charge >= 0.3 is 0 Å². The molecule has 0 bridgehead atoms. The summed E-state index contributed by atoms with van der Waals surface area (Å²) in [6.45, 7) is 3.79. The van der Waals surface area contributed by atoms with Gasteiger partial charge in [-0.15, -0.1) is 5.10 Å². The summed E-state index contributed by atoms with van der Waals surface area (Å²) in [7, 11) is 1.65. The summed E-state index contributed by atoms with van der Waals surface area (Å²) >= 11 is 0. The molecule has 1 heterocycles. The predicted octanol–water partition coefficient (Wildman–Crippen LogP) is -1.28. The van der Waals surface area contributed by atoms with Crippen molar-refractivity contribution in [2.45, 2.75) is 19.5 Å². The molecule has 0 aliphatic heterocycles. The Balaban J connectivity index is 2.33. The zero-order valence-electron chi connectivity index (χ0n) is 10.1. The highest BCUT2D eigenvalue weighted by atomic mass is 16.5. The normalized spacial score (nSPS) is 13.5. The quantitative estimate of drug-likeness (QED) is 0.248. The minimum atomic E-state index is 0.140. The average molecular weight is 241 g/mol. The molecule has 1 atom stereocenters. The van der Waals surface area contributed by atoms with Crippen LogP contribution in [0.2, 0.25) is 0 Å². The van der Waals surface area contributed by atoms with E-state index in [1.54, 1.807) is 24.2 Å². The number of hydrazine groups is 1. The van der Waals surface area contributed by atoms with Gasteiger partial charge in [0.1, 0.15) is 0 Å². The minimum absolute atomic E-state index is 0.140. The Labute approximate surface area is 100 Å². The SMILES string of the molecule is COCC(C)NC(=NCCn1ccnn1)NN. The van der Waals surface area contributed by atoms with Crippen LogP contribution < -0.4 is 16.6 Å². The van der Waals surface area contributed by atoms with Gasteiger partial charge < -0.3 is 10.1 Å². The molecule has 0 amide bonds. The number of aliphatic imine (C=N–C) groups is 1. The molecule has 0 spiro atoms. The second-order valence-electron chi connectivity index (χ2n) is 3.54. The first-order valence-electron chi connectivity index (χ1n) is 5.37. The lowest BCUT2D eigenvalue weighted by Gasteiger charge is -2.15. The number of rotatable bonds is 6. The van der Waals surface area contributed by atoms with Crippen LogP contribution in [0.5, 0.6) is 0 Å². The third kappa shape index (κ3) is 5.27. The van der Waals surface area contributed by atoms with E-state index in [1.165, 1.54) is 0 Å². The first-order chi connectivity index (χ1) is 8.26. The Kier molecular flexibility index (Phi) is 5.97. The van der Waals surface area contributed by atoms with Gasteiger partial charge in [-0.3, -0.25) is 15.1 Å². The van der Waals surface area contributed by atoms with Gasteiger partial charge in [-0.2, -0.15) is 0 Å². The third-order valence-corrected chi connectivity index (χ3v) is 2.01. The zero-order valence-corrected chi connectivity index (χ0v) is 10.1. The van der Waals surface area contributed by atoms with Crippen LogP contribution in [0.4, 0.5) is 0 Å². The molecule has 0 saturated heterocycles. The Morgan fingerprint density at radius 3 is 3.06 bits per heavy atom. The van der Waals surface area contributed by atoms with Crippen LogP contribution in [-0.2, 0) is 11.3 Å². The lowest BCUT2D eigenvalue weighted by atomic mass is 10.4. The van der Waals surface area contributed by atoms with E-state index in [-0.39, 0.29) is 6.04 Å². The summed E-state index contributed by atoms with van der Waals surface area (Å²) in [5.41, 5.74) is 2.51. The molecule has 0 radical (unpaired) electrons. The molecule has 17 heavy (non-hydrogen) atoms. The fraction of sp³-hybridized carbons (Fsp3) is 0.667. The fourth-order valence-electron chi connectivity index (χ4n) is 1.27. The monoisotopic (exact) mass is 241 g/mol. The second kappa shape index (κ2) is 7.58. The van der Waals surface area contributed by atoms with Gasteiger partial charge in [0.2, 0.25) is 5.96 Å². The van der Waals surface area contributed by atoms with Crippen LogP contribution in [0.1, 0.15) is 6.92 Å². The molecule has 1 aromatic rings. The minimum Gasteiger partial charge on any atom is -0.383 e. The third-order valence-electron chi connectivity index (χ3n) is 2.01. The summed E-state index contributed by atoms with van der Waals surface area (Å²) in [4.78, 5) is 4.26. The summed E-state index contributed by atoms with van der Waals surface area (Å²) < 4.78 is 6.71. The molecule has 0 aliphatic rings. The molecule has 0 aromatic carbocycles. The number of guanidine groups is 1. The molecule has 1 aromatic heterocycles. The zero-order chi connectivity index (χ0) is 12.5. The summed E-state index contributed by atoms with van der Waals surface area (Å²) in [6, 6.07) is 0.140. The maximum Gasteiger partial charge on any atom is 0.206 e. The number of methoxy groups -OCH3 is 1. The van der Waals surface area contributed by atoms with Crippen LogP contribution in [-0.4, -0.2) is 47.3 Å². The van der Waals surface area contributed by atoms with Gasteiger partial charge in [-0.1, -0.05) is 5.21 Å². The lowest BCUT2D eigenvalue weighted by Crippen LogP contribution is -2.47. The maximum atomic E-state index is 5.36. The molecule has 0 saturated carbocycles. The van der Waals surface area contributed by atoms with Gasteiger partial charge in [0.05, 0.1) is 25.9 Å². The molecule has 1 rings (SSSR count). The van der Waals surface area contributed by atoms with E-state index >= 15 is 0 Å². The van der Waals surface area contributed by atoms with Gasteiger partial charge in [0, 0.05) is 19.3 Å². The van der Waals surface area contributed by atoms with Crippen LogP contribution in [0.3, 0.4) is 0 Å². The van der Waals surface area contributed by atoms with Gasteiger partial charge in [-0.25, -0.2) is 5.84 Å². The Morgan fingerprint density at radius 1 is 1.65 bits per heavy atom. The van der Waals surface area contributed by atoms with E-state index in [2.05, 4.69) is 26.0 Å². The number of ether oxygens (including phenoxy) is 1. The van der Waals surface area contributed by atoms with E-state index in [4.69, 9.17) is 10.6 Å². The number of hydrogen-bond acceptors (Lipinski definition) is 5. The van der Waals surface area contributed by atoms with Gasteiger partial charge in [0.15, 0.2) is 0 Å². The van der Waals surface area contributed by atoms with Crippen molar-refractivity contribution in [1.82, 2.24) is 25.7 Å². The first-order valence-corrected chi connectivity index (χ1v) is 5.37. The maximum absolute atomic E-state index is 5.36. The van der Waals surface area contributed by atoms with Crippen LogP contribution in [0, 0.1) is 0 Å². The molecule has 8 heteroatoms. The molecule has 8 nitrogen and oxygen atoms in total. The Bertz CT molecular complexity index is 324. The molecule has 0 aliphatic carbocycles. The number of nitrogens with zero attached hydrogens (tertiary/aromatic N) is 4. The predicted molar refractivity (Wildman–Crippen MR) is 64.1 cm³/mol. The van der Waals surface area contributed by atoms with Crippen LogP contribution in [0.15, 0.2) is 17.4 Å².